The van der Waals surface area contributed by atoms with Gasteiger partial charge in [0.25, 0.3) is 0 Å². The molecule has 1 aromatic carbocycles. The third-order valence-electron chi connectivity index (χ3n) is 2.81. The second-order valence-corrected chi connectivity index (χ2v) is 5.12. The minimum absolute atomic E-state index is 0.234. The zero-order valence-electron chi connectivity index (χ0n) is 10.6. The van der Waals surface area contributed by atoms with Crippen LogP contribution in [0.15, 0.2) is 18.3 Å². The Labute approximate surface area is 113 Å². The number of nitrogens with zero attached hydrogens (tertiary/aromatic N) is 3. The van der Waals surface area contributed by atoms with Crippen LogP contribution in [-0.4, -0.2) is 27.3 Å². The van der Waals surface area contributed by atoms with Gasteiger partial charge < -0.3 is 5.32 Å². The molecule has 0 fully saturated rings. The van der Waals surface area contributed by atoms with Gasteiger partial charge in [-0.25, -0.2) is 9.78 Å². The lowest BCUT2D eigenvalue weighted by Crippen LogP contribution is -2.28. The van der Waals surface area contributed by atoms with E-state index in [2.05, 4.69) is 20.7 Å². The summed E-state index contributed by atoms with van der Waals surface area (Å²) < 4.78 is 2.86. The molecule has 19 heavy (non-hydrogen) atoms. The molecule has 0 saturated carbocycles. The number of hydrogen-bond donors (Lipinski definition) is 2. The fraction of sp³-hybridized carbons (Fsp3) is 0.250. The number of aromatic nitrogens is 3. The molecule has 0 radical (unpaired) electrons. The van der Waals surface area contributed by atoms with Crippen LogP contribution in [0.3, 0.4) is 0 Å². The SMILES string of the molecule is CCNC(=O)Nc1nc2ccc3cnn(C)c3c2s1. The second kappa shape index (κ2) is 4.51. The lowest BCUT2D eigenvalue weighted by atomic mass is 10.2. The van der Waals surface area contributed by atoms with E-state index in [4.69, 9.17) is 0 Å². The molecule has 0 aliphatic heterocycles. The molecule has 2 heterocycles. The molecule has 2 aromatic heterocycles. The van der Waals surface area contributed by atoms with Gasteiger partial charge in [0.1, 0.15) is 0 Å². The topological polar surface area (TPSA) is 71.8 Å². The fourth-order valence-electron chi connectivity index (χ4n) is 1.99. The Morgan fingerprint density at radius 2 is 2.32 bits per heavy atom. The van der Waals surface area contributed by atoms with E-state index in [0.717, 1.165) is 21.1 Å². The number of nitrogens with one attached hydrogen (secondary N) is 2. The van der Waals surface area contributed by atoms with Gasteiger partial charge in [-0.15, -0.1) is 0 Å². The van der Waals surface area contributed by atoms with Crippen molar-refractivity contribution < 1.29 is 4.79 Å². The van der Waals surface area contributed by atoms with Crippen molar-refractivity contribution in [3.8, 4) is 0 Å². The molecular formula is C12H13N5OS. The van der Waals surface area contributed by atoms with Crippen molar-refractivity contribution in [3.63, 3.8) is 0 Å². The molecule has 0 saturated heterocycles. The monoisotopic (exact) mass is 275 g/mol. The summed E-state index contributed by atoms with van der Waals surface area (Å²) in [6.07, 6.45) is 1.82. The summed E-state index contributed by atoms with van der Waals surface area (Å²) in [7, 11) is 1.90. The van der Waals surface area contributed by atoms with E-state index in [9.17, 15) is 4.79 Å². The number of urea groups is 1. The first kappa shape index (κ1) is 11.9. The number of carbonyl (C=O) groups excluding carboxylic acids is 1. The van der Waals surface area contributed by atoms with E-state index < -0.39 is 0 Å². The van der Waals surface area contributed by atoms with Crippen molar-refractivity contribution in [2.45, 2.75) is 6.92 Å². The number of hydrogen-bond acceptors (Lipinski definition) is 4. The predicted molar refractivity (Wildman–Crippen MR) is 76.6 cm³/mol. The summed E-state index contributed by atoms with van der Waals surface area (Å²) in [5.74, 6) is 0. The Bertz CT molecular complexity index is 760. The maximum Gasteiger partial charge on any atom is 0.321 e. The van der Waals surface area contributed by atoms with Crippen LogP contribution in [0.25, 0.3) is 21.1 Å². The Hall–Kier alpha value is -2.15. The number of carbonyl (C=O) groups is 1. The molecule has 2 N–H and O–H groups in total. The zero-order valence-corrected chi connectivity index (χ0v) is 11.4. The highest BCUT2D eigenvalue weighted by Crippen LogP contribution is 2.32. The molecule has 3 aromatic rings. The summed E-state index contributed by atoms with van der Waals surface area (Å²) >= 11 is 1.46. The van der Waals surface area contributed by atoms with Crippen LogP contribution in [0.5, 0.6) is 0 Å². The van der Waals surface area contributed by atoms with Crippen LogP contribution in [0.4, 0.5) is 9.93 Å². The van der Waals surface area contributed by atoms with Crippen molar-refractivity contribution in [3.05, 3.63) is 18.3 Å². The molecule has 3 rings (SSSR count). The predicted octanol–water partition coefficient (Wildman–Crippen LogP) is 2.32. The highest BCUT2D eigenvalue weighted by atomic mass is 32.1. The van der Waals surface area contributed by atoms with E-state index >= 15 is 0 Å². The maximum absolute atomic E-state index is 11.5. The van der Waals surface area contributed by atoms with Crippen LogP contribution in [0.1, 0.15) is 6.92 Å². The van der Waals surface area contributed by atoms with E-state index in [1.54, 1.807) is 0 Å². The smallest absolute Gasteiger partial charge is 0.321 e. The molecule has 0 aliphatic carbocycles. The van der Waals surface area contributed by atoms with Gasteiger partial charge in [-0.3, -0.25) is 10.00 Å². The largest absolute Gasteiger partial charge is 0.338 e. The molecule has 6 nitrogen and oxygen atoms in total. The molecular weight excluding hydrogens is 262 g/mol. The van der Waals surface area contributed by atoms with E-state index in [0.29, 0.717) is 11.7 Å². The van der Waals surface area contributed by atoms with Gasteiger partial charge in [0.2, 0.25) is 0 Å². The van der Waals surface area contributed by atoms with Gasteiger partial charge in [0.15, 0.2) is 5.13 Å². The number of fused-ring (bicyclic) bond motifs is 3. The van der Waals surface area contributed by atoms with Gasteiger partial charge in [-0.05, 0) is 19.1 Å². The van der Waals surface area contributed by atoms with Gasteiger partial charge in [-0.1, -0.05) is 11.3 Å². The fourth-order valence-corrected chi connectivity index (χ4v) is 3.04. The lowest BCUT2D eigenvalue weighted by molar-refractivity contribution is 0.252. The average Bonchev–Trinajstić information content (AvgIpc) is 2.92. The number of anilines is 1. The lowest BCUT2D eigenvalue weighted by Gasteiger charge is -2.00. The van der Waals surface area contributed by atoms with Gasteiger partial charge >= 0.3 is 6.03 Å². The Balaban J connectivity index is 2.07. The first-order chi connectivity index (χ1) is 9.19. The minimum atomic E-state index is -0.234. The van der Waals surface area contributed by atoms with E-state index in [1.165, 1.54) is 11.3 Å². The molecule has 98 valence electrons. The molecule has 0 aliphatic rings. The molecule has 7 heteroatoms. The maximum atomic E-state index is 11.5. The summed E-state index contributed by atoms with van der Waals surface area (Å²) in [6.45, 7) is 2.46. The van der Waals surface area contributed by atoms with E-state index in [-0.39, 0.29) is 6.03 Å². The van der Waals surface area contributed by atoms with Crippen LogP contribution in [-0.2, 0) is 7.05 Å². The minimum Gasteiger partial charge on any atom is -0.338 e. The van der Waals surface area contributed by atoms with E-state index in [1.807, 2.05) is 37.0 Å². The van der Waals surface area contributed by atoms with Crippen LogP contribution in [0.2, 0.25) is 0 Å². The van der Waals surface area contributed by atoms with Crippen molar-refractivity contribution in [2.75, 3.05) is 11.9 Å². The highest BCUT2D eigenvalue weighted by molar-refractivity contribution is 7.23. The summed E-state index contributed by atoms with van der Waals surface area (Å²) in [4.78, 5) is 15.9. The second-order valence-electron chi connectivity index (χ2n) is 4.12. The van der Waals surface area contributed by atoms with Crippen molar-refractivity contribution in [2.24, 2.45) is 7.05 Å². The zero-order chi connectivity index (χ0) is 13.4. The van der Waals surface area contributed by atoms with Crippen LogP contribution < -0.4 is 10.6 Å². The van der Waals surface area contributed by atoms with Crippen molar-refractivity contribution in [1.29, 1.82) is 0 Å². The first-order valence-corrected chi connectivity index (χ1v) is 6.77. The number of thiazole rings is 1. The molecule has 0 spiro atoms. The molecule has 2 amide bonds. The van der Waals surface area contributed by atoms with Gasteiger partial charge in [0, 0.05) is 19.0 Å². The number of amides is 2. The normalized spacial score (nSPS) is 11.1. The summed E-state index contributed by atoms with van der Waals surface area (Å²) in [5.41, 5.74) is 1.91. The number of benzene rings is 1. The Kier molecular flexibility index (Phi) is 2.83. The molecule has 0 atom stereocenters. The van der Waals surface area contributed by atoms with Gasteiger partial charge in [-0.2, -0.15) is 5.10 Å². The third-order valence-corrected chi connectivity index (χ3v) is 3.81. The number of rotatable bonds is 2. The standard InChI is InChI=1S/C12H13N5OS/c1-3-13-11(18)16-12-15-8-5-4-7-6-14-17(2)9(7)10(8)19-12/h4-6H,3H2,1-2H3,(H2,13,15,16,18). The van der Waals surface area contributed by atoms with Crippen LogP contribution >= 0.6 is 11.3 Å². The number of aryl methyl sites for hydroxylation is 1. The Morgan fingerprint density at radius 1 is 1.47 bits per heavy atom. The summed E-state index contributed by atoms with van der Waals surface area (Å²) in [5, 5.41) is 11.3. The first-order valence-electron chi connectivity index (χ1n) is 5.95. The van der Waals surface area contributed by atoms with Crippen molar-refractivity contribution in [1.82, 2.24) is 20.1 Å². The molecule has 0 bridgehead atoms. The quantitative estimate of drug-likeness (QED) is 0.754. The van der Waals surface area contributed by atoms with Crippen LogP contribution in [0, 0.1) is 0 Å². The highest BCUT2D eigenvalue weighted by Gasteiger charge is 2.11. The van der Waals surface area contributed by atoms with Gasteiger partial charge in [0.05, 0.1) is 21.9 Å². The third kappa shape index (κ3) is 2.01. The van der Waals surface area contributed by atoms with Crippen molar-refractivity contribution >= 4 is 43.6 Å². The molecule has 0 unspecified atom stereocenters. The average molecular weight is 275 g/mol. The summed E-state index contributed by atoms with van der Waals surface area (Å²) in [6, 6.07) is 3.70. The Morgan fingerprint density at radius 3 is 3.11 bits per heavy atom.